The van der Waals surface area contributed by atoms with Gasteiger partial charge in [0.1, 0.15) is 5.69 Å². The van der Waals surface area contributed by atoms with E-state index in [2.05, 4.69) is 30.0 Å². The van der Waals surface area contributed by atoms with Gasteiger partial charge in [0, 0.05) is 24.0 Å². The predicted octanol–water partition coefficient (Wildman–Crippen LogP) is 4.81. The highest BCUT2D eigenvalue weighted by atomic mass is 32.2. The second kappa shape index (κ2) is 12.8. The van der Waals surface area contributed by atoms with Crippen molar-refractivity contribution >= 4 is 21.7 Å². The SMILES string of the molecule is COc1ccccc1Oc1c(NS(=O)(=O)c2ccc(C(C)C)cn2)nc(-c2ccnc(C(=O)NC(C)C)c2)nc1OC. The molecule has 3 heterocycles. The third-order valence-corrected chi connectivity index (χ3v) is 7.17. The zero-order chi connectivity index (χ0) is 30.4. The number of nitrogens with zero attached hydrogens (tertiary/aromatic N) is 4. The Morgan fingerprint density at radius 3 is 2.26 bits per heavy atom. The van der Waals surface area contributed by atoms with E-state index < -0.39 is 10.0 Å². The number of para-hydroxylation sites is 2. The summed E-state index contributed by atoms with van der Waals surface area (Å²) in [4.78, 5) is 29.8. The third kappa shape index (κ3) is 6.92. The highest BCUT2D eigenvalue weighted by Gasteiger charge is 2.26. The molecule has 13 heteroatoms. The summed E-state index contributed by atoms with van der Waals surface area (Å²) in [5.74, 6) is 0.0981. The molecule has 0 atom stereocenters. The van der Waals surface area contributed by atoms with E-state index >= 15 is 0 Å². The van der Waals surface area contributed by atoms with Crippen molar-refractivity contribution < 1.29 is 27.4 Å². The number of benzene rings is 1. The van der Waals surface area contributed by atoms with Gasteiger partial charge in [-0.2, -0.15) is 13.4 Å². The topological polar surface area (TPSA) is 155 Å². The predicted molar refractivity (Wildman–Crippen MR) is 157 cm³/mol. The van der Waals surface area contributed by atoms with Crippen LogP contribution in [-0.2, 0) is 10.0 Å². The minimum absolute atomic E-state index is 0.0565. The molecule has 0 spiro atoms. The standard InChI is InChI=1S/C29H32N6O6S/c1-17(2)20-11-12-24(31-16-20)42(37,38)35-27-25(41-23-10-8-7-9-22(23)39-5)29(40-6)34-26(33-27)19-13-14-30-21(15-19)28(36)32-18(3)4/h7-18H,1-6H3,(H,32,36)(H,33,34,35). The number of carbonyl (C=O) groups is 1. The molecule has 0 aliphatic carbocycles. The number of rotatable bonds is 11. The molecule has 0 fully saturated rings. The normalized spacial score (nSPS) is 11.3. The first kappa shape index (κ1) is 30.2. The summed E-state index contributed by atoms with van der Waals surface area (Å²) in [6.45, 7) is 7.63. The van der Waals surface area contributed by atoms with E-state index in [1.165, 1.54) is 38.7 Å². The molecular formula is C29H32N6O6S. The van der Waals surface area contributed by atoms with Gasteiger partial charge in [-0.15, -0.1) is 0 Å². The Hall–Kier alpha value is -4.78. The smallest absolute Gasteiger partial charge is 0.280 e. The molecule has 0 saturated carbocycles. The van der Waals surface area contributed by atoms with Gasteiger partial charge in [0.2, 0.25) is 5.75 Å². The maximum atomic E-state index is 13.5. The van der Waals surface area contributed by atoms with Gasteiger partial charge in [0.05, 0.1) is 14.2 Å². The summed E-state index contributed by atoms with van der Waals surface area (Å²) in [5, 5.41) is 2.56. The molecule has 0 aliphatic rings. The molecule has 3 aromatic heterocycles. The quantitative estimate of drug-likeness (QED) is 0.248. The second-order valence-electron chi connectivity index (χ2n) is 9.74. The van der Waals surface area contributed by atoms with Gasteiger partial charge in [-0.25, -0.2) is 9.97 Å². The number of methoxy groups -OCH3 is 2. The second-order valence-corrected chi connectivity index (χ2v) is 11.4. The monoisotopic (exact) mass is 592 g/mol. The van der Waals surface area contributed by atoms with E-state index in [9.17, 15) is 13.2 Å². The minimum Gasteiger partial charge on any atom is -0.493 e. The maximum absolute atomic E-state index is 13.5. The van der Waals surface area contributed by atoms with Crippen LogP contribution in [0.3, 0.4) is 0 Å². The maximum Gasteiger partial charge on any atom is 0.280 e. The number of sulfonamides is 1. The Kier molecular flexibility index (Phi) is 9.21. The largest absolute Gasteiger partial charge is 0.493 e. The summed E-state index contributed by atoms with van der Waals surface area (Å²) in [7, 11) is -1.40. The van der Waals surface area contributed by atoms with Crippen LogP contribution < -0.4 is 24.2 Å². The Balaban J connectivity index is 1.84. The summed E-state index contributed by atoms with van der Waals surface area (Å²) in [6, 6.07) is 12.9. The van der Waals surface area contributed by atoms with Crippen molar-refractivity contribution in [1.29, 1.82) is 0 Å². The Morgan fingerprint density at radius 1 is 0.905 bits per heavy atom. The van der Waals surface area contributed by atoms with Crippen LogP contribution in [0.5, 0.6) is 23.1 Å². The molecule has 0 bridgehead atoms. The third-order valence-electron chi connectivity index (χ3n) is 5.91. The summed E-state index contributed by atoms with van der Waals surface area (Å²) >= 11 is 0. The molecule has 4 aromatic rings. The molecule has 12 nitrogen and oxygen atoms in total. The lowest BCUT2D eigenvalue weighted by Crippen LogP contribution is -2.30. The lowest BCUT2D eigenvalue weighted by Gasteiger charge is -2.17. The van der Waals surface area contributed by atoms with E-state index in [4.69, 9.17) is 14.2 Å². The number of anilines is 1. The number of hydrogen-bond donors (Lipinski definition) is 2. The van der Waals surface area contributed by atoms with Crippen molar-refractivity contribution in [3.05, 3.63) is 72.2 Å². The van der Waals surface area contributed by atoms with Crippen LogP contribution >= 0.6 is 0 Å². The van der Waals surface area contributed by atoms with E-state index in [1.807, 2.05) is 27.7 Å². The van der Waals surface area contributed by atoms with Gasteiger partial charge in [0.15, 0.2) is 28.2 Å². The van der Waals surface area contributed by atoms with Crippen LogP contribution in [-0.4, -0.2) is 54.5 Å². The molecule has 220 valence electrons. The summed E-state index contributed by atoms with van der Waals surface area (Å²) < 4.78 is 46.4. The molecule has 1 amide bonds. The Morgan fingerprint density at radius 2 is 1.64 bits per heavy atom. The molecule has 0 unspecified atom stereocenters. The number of hydrogen-bond acceptors (Lipinski definition) is 10. The van der Waals surface area contributed by atoms with Gasteiger partial charge in [-0.05, 0) is 55.7 Å². The van der Waals surface area contributed by atoms with Crippen LogP contribution in [0.15, 0.2) is 66.0 Å². The molecule has 4 rings (SSSR count). The fraction of sp³-hybridized carbons (Fsp3) is 0.276. The number of carbonyl (C=O) groups excluding carboxylic acids is 1. The van der Waals surface area contributed by atoms with E-state index in [0.717, 1.165) is 5.56 Å². The highest BCUT2D eigenvalue weighted by Crippen LogP contribution is 2.41. The van der Waals surface area contributed by atoms with Gasteiger partial charge in [-0.1, -0.05) is 32.0 Å². The van der Waals surface area contributed by atoms with Crippen LogP contribution in [0.2, 0.25) is 0 Å². The summed E-state index contributed by atoms with van der Waals surface area (Å²) in [5.41, 5.74) is 1.41. The molecular weight excluding hydrogens is 560 g/mol. The fourth-order valence-corrected chi connectivity index (χ4v) is 4.71. The minimum atomic E-state index is -4.24. The first-order valence-corrected chi connectivity index (χ1v) is 14.5. The number of ether oxygens (including phenoxy) is 3. The fourth-order valence-electron chi connectivity index (χ4n) is 3.77. The summed E-state index contributed by atoms with van der Waals surface area (Å²) in [6.07, 6.45) is 2.95. The van der Waals surface area contributed by atoms with E-state index in [-0.39, 0.29) is 57.6 Å². The average molecular weight is 593 g/mol. The Labute approximate surface area is 244 Å². The van der Waals surface area contributed by atoms with Crippen LogP contribution in [0.4, 0.5) is 5.82 Å². The lowest BCUT2D eigenvalue weighted by molar-refractivity contribution is 0.0938. The number of nitrogens with one attached hydrogen (secondary N) is 2. The number of aromatic nitrogens is 4. The van der Waals surface area contributed by atoms with Crippen molar-refractivity contribution in [2.75, 3.05) is 18.9 Å². The van der Waals surface area contributed by atoms with Gasteiger partial charge < -0.3 is 19.5 Å². The number of pyridine rings is 2. The molecule has 0 saturated heterocycles. The molecule has 42 heavy (non-hydrogen) atoms. The average Bonchev–Trinajstić information content (AvgIpc) is 2.97. The van der Waals surface area contributed by atoms with Crippen molar-refractivity contribution in [3.63, 3.8) is 0 Å². The molecule has 0 aliphatic heterocycles. The molecule has 0 radical (unpaired) electrons. The van der Waals surface area contributed by atoms with Crippen molar-refractivity contribution in [3.8, 4) is 34.5 Å². The lowest BCUT2D eigenvalue weighted by atomic mass is 10.1. The van der Waals surface area contributed by atoms with Gasteiger partial charge in [0.25, 0.3) is 21.8 Å². The molecule has 1 aromatic carbocycles. The first-order valence-electron chi connectivity index (χ1n) is 13.0. The zero-order valence-corrected chi connectivity index (χ0v) is 24.9. The number of amides is 1. The zero-order valence-electron chi connectivity index (χ0n) is 24.1. The van der Waals surface area contributed by atoms with Crippen LogP contribution in [0.1, 0.15) is 49.7 Å². The van der Waals surface area contributed by atoms with E-state index in [0.29, 0.717) is 11.3 Å². The first-order chi connectivity index (χ1) is 20.0. The van der Waals surface area contributed by atoms with Crippen LogP contribution in [0, 0.1) is 0 Å². The van der Waals surface area contributed by atoms with Crippen molar-refractivity contribution in [2.45, 2.75) is 44.7 Å². The Bertz CT molecular complexity index is 1680. The van der Waals surface area contributed by atoms with Gasteiger partial charge >= 0.3 is 0 Å². The van der Waals surface area contributed by atoms with E-state index in [1.54, 1.807) is 36.4 Å². The van der Waals surface area contributed by atoms with Crippen LogP contribution in [0.25, 0.3) is 11.4 Å². The van der Waals surface area contributed by atoms with Gasteiger partial charge in [-0.3, -0.25) is 14.5 Å². The van der Waals surface area contributed by atoms with Crippen molar-refractivity contribution in [2.24, 2.45) is 0 Å². The van der Waals surface area contributed by atoms with Crippen molar-refractivity contribution in [1.82, 2.24) is 25.3 Å². The highest BCUT2D eigenvalue weighted by molar-refractivity contribution is 7.92. The molecule has 2 N–H and O–H groups in total.